The first-order chi connectivity index (χ1) is 9.54. The number of hydrogen-bond donors (Lipinski definition) is 0. The van der Waals surface area contributed by atoms with Crippen molar-refractivity contribution in [1.29, 1.82) is 0 Å². The number of nitrogens with zero attached hydrogens (tertiary/aromatic N) is 3. The van der Waals surface area contributed by atoms with E-state index in [1.807, 2.05) is 0 Å². The third-order valence-electron chi connectivity index (χ3n) is 3.40. The summed E-state index contributed by atoms with van der Waals surface area (Å²) in [7, 11) is 0. The van der Waals surface area contributed by atoms with Crippen LogP contribution in [-0.4, -0.2) is 35.2 Å². The second-order valence-corrected chi connectivity index (χ2v) is 4.99. The van der Waals surface area contributed by atoms with Gasteiger partial charge in [-0.05, 0) is 23.3 Å². The van der Waals surface area contributed by atoms with Crippen molar-refractivity contribution in [3.63, 3.8) is 0 Å². The predicted octanol–water partition coefficient (Wildman–Crippen LogP) is 2.69. The number of rotatable bonds is 1. The molecular formula is C14H13F2N3O. The maximum atomic E-state index is 13.3. The highest BCUT2D eigenvalue weighted by Gasteiger charge is 2.35. The summed E-state index contributed by atoms with van der Waals surface area (Å²) in [6.45, 7) is 4.79. The van der Waals surface area contributed by atoms with Gasteiger partial charge in [0.2, 0.25) is 0 Å². The summed E-state index contributed by atoms with van der Waals surface area (Å²) >= 11 is 0. The average Bonchev–Trinajstić information content (AvgIpc) is 2.82. The number of likely N-dealkylation sites (tertiary alicyclic amines) is 1. The van der Waals surface area contributed by atoms with Crippen molar-refractivity contribution in [3.05, 3.63) is 47.5 Å². The molecule has 3 rings (SSSR count). The van der Waals surface area contributed by atoms with Crippen LogP contribution in [0.4, 0.5) is 13.6 Å². The summed E-state index contributed by atoms with van der Waals surface area (Å²) in [6.07, 6.45) is 2.03. The van der Waals surface area contributed by atoms with E-state index in [0.717, 1.165) is 11.6 Å². The summed E-state index contributed by atoms with van der Waals surface area (Å²) in [5, 5.41) is 5.30. The van der Waals surface area contributed by atoms with E-state index in [1.54, 1.807) is 11.1 Å². The van der Waals surface area contributed by atoms with Crippen LogP contribution in [0.25, 0.3) is 0 Å². The molecular weight excluding hydrogens is 264 g/mol. The average molecular weight is 277 g/mol. The van der Waals surface area contributed by atoms with Crippen molar-refractivity contribution in [2.24, 2.45) is 5.10 Å². The monoisotopic (exact) mass is 277 g/mol. The third-order valence-corrected chi connectivity index (χ3v) is 3.40. The van der Waals surface area contributed by atoms with Gasteiger partial charge >= 0.3 is 6.03 Å². The minimum absolute atomic E-state index is 0.263. The van der Waals surface area contributed by atoms with Gasteiger partial charge in [-0.3, -0.25) is 0 Å². The minimum Gasteiger partial charge on any atom is -0.315 e. The molecule has 1 aromatic rings. The summed E-state index contributed by atoms with van der Waals surface area (Å²) in [6, 6.07) is 2.56. The highest BCUT2D eigenvalue weighted by molar-refractivity contribution is 5.80. The fraction of sp³-hybridized carbons (Fsp3) is 0.286. The van der Waals surface area contributed by atoms with Crippen LogP contribution >= 0.6 is 0 Å². The Bertz CT molecular complexity index is 586. The lowest BCUT2D eigenvalue weighted by molar-refractivity contribution is 0.135. The SMILES string of the molecule is C=C1CN(C(=O)N2N=CC[C@H]2c2cc(F)cc(F)c2)C1. The van der Waals surface area contributed by atoms with E-state index in [4.69, 9.17) is 0 Å². The molecule has 0 aromatic heterocycles. The van der Waals surface area contributed by atoms with Gasteiger partial charge in [0.25, 0.3) is 0 Å². The molecule has 0 radical (unpaired) electrons. The lowest BCUT2D eigenvalue weighted by Gasteiger charge is -2.36. The van der Waals surface area contributed by atoms with E-state index >= 15 is 0 Å². The van der Waals surface area contributed by atoms with Crippen LogP contribution in [0.15, 0.2) is 35.5 Å². The van der Waals surface area contributed by atoms with E-state index in [9.17, 15) is 13.6 Å². The van der Waals surface area contributed by atoms with Crippen LogP contribution in [0.1, 0.15) is 18.0 Å². The van der Waals surface area contributed by atoms with Crippen molar-refractivity contribution in [3.8, 4) is 0 Å². The van der Waals surface area contributed by atoms with Crippen LogP contribution in [0.5, 0.6) is 0 Å². The summed E-state index contributed by atoms with van der Waals surface area (Å²) in [4.78, 5) is 13.8. The van der Waals surface area contributed by atoms with E-state index in [1.165, 1.54) is 17.1 Å². The molecule has 4 nitrogen and oxygen atoms in total. The van der Waals surface area contributed by atoms with Crippen molar-refractivity contribution in [2.75, 3.05) is 13.1 Å². The number of urea groups is 1. The summed E-state index contributed by atoms with van der Waals surface area (Å²) in [5.41, 5.74) is 1.39. The molecule has 6 heteroatoms. The Hall–Kier alpha value is -2.24. The van der Waals surface area contributed by atoms with Gasteiger partial charge < -0.3 is 4.90 Å². The fourth-order valence-electron chi connectivity index (χ4n) is 2.42. The van der Waals surface area contributed by atoms with Gasteiger partial charge in [0.1, 0.15) is 11.6 Å². The fourth-order valence-corrected chi connectivity index (χ4v) is 2.42. The first-order valence-corrected chi connectivity index (χ1v) is 6.28. The van der Waals surface area contributed by atoms with Gasteiger partial charge in [-0.25, -0.2) is 18.6 Å². The Morgan fingerprint density at radius 3 is 2.50 bits per heavy atom. The first kappa shape index (κ1) is 12.8. The number of amides is 2. The van der Waals surface area contributed by atoms with E-state index in [-0.39, 0.29) is 6.03 Å². The van der Waals surface area contributed by atoms with Crippen molar-refractivity contribution < 1.29 is 13.6 Å². The lowest BCUT2D eigenvalue weighted by Crippen LogP contribution is -2.49. The van der Waals surface area contributed by atoms with Gasteiger partial charge in [-0.15, -0.1) is 0 Å². The summed E-state index contributed by atoms with van der Waals surface area (Å²) < 4.78 is 26.6. The van der Waals surface area contributed by atoms with Crippen LogP contribution in [0.3, 0.4) is 0 Å². The molecule has 0 spiro atoms. The molecule has 1 saturated heterocycles. The maximum Gasteiger partial charge on any atom is 0.341 e. The number of hydrazone groups is 1. The largest absolute Gasteiger partial charge is 0.341 e. The lowest BCUT2D eigenvalue weighted by atomic mass is 10.0. The molecule has 1 fully saturated rings. The number of hydrogen-bond acceptors (Lipinski definition) is 2. The normalized spacial score (nSPS) is 21.3. The highest BCUT2D eigenvalue weighted by Crippen LogP contribution is 2.31. The maximum absolute atomic E-state index is 13.3. The molecule has 20 heavy (non-hydrogen) atoms. The molecule has 0 aliphatic carbocycles. The smallest absolute Gasteiger partial charge is 0.315 e. The molecule has 0 saturated carbocycles. The van der Waals surface area contributed by atoms with E-state index in [0.29, 0.717) is 25.1 Å². The van der Waals surface area contributed by atoms with Gasteiger partial charge in [0, 0.05) is 31.8 Å². The van der Waals surface area contributed by atoms with Gasteiger partial charge in [-0.2, -0.15) is 5.10 Å². The molecule has 1 aromatic carbocycles. The van der Waals surface area contributed by atoms with Crippen LogP contribution in [0.2, 0.25) is 0 Å². The molecule has 0 unspecified atom stereocenters. The molecule has 104 valence electrons. The zero-order valence-electron chi connectivity index (χ0n) is 10.7. The van der Waals surface area contributed by atoms with Crippen molar-refractivity contribution in [1.82, 2.24) is 9.91 Å². The number of halogens is 2. The standard InChI is InChI=1S/C14H13F2N3O/c1-9-7-18(8-9)14(20)19-13(2-3-17-19)10-4-11(15)6-12(16)5-10/h3-6,13H,1-2,7-8H2/t13-/m0/s1. The van der Waals surface area contributed by atoms with Crippen molar-refractivity contribution >= 4 is 12.2 Å². The molecule has 0 bridgehead atoms. The van der Waals surface area contributed by atoms with Crippen LogP contribution < -0.4 is 0 Å². The number of carbonyl (C=O) groups excluding carboxylic acids is 1. The Morgan fingerprint density at radius 1 is 1.25 bits per heavy atom. The quantitative estimate of drug-likeness (QED) is 0.727. The Kier molecular flexibility index (Phi) is 3.00. The van der Waals surface area contributed by atoms with E-state index < -0.39 is 17.7 Å². The van der Waals surface area contributed by atoms with Crippen molar-refractivity contribution in [2.45, 2.75) is 12.5 Å². The second-order valence-electron chi connectivity index (χ2n) is 4.99. The molecule has 2 aliphatic rings. The highest BCUT2D eigenvalue weighted by atomic mass is 19.1. The van der Waals surface area contributed by atoms with Gasteiger partial charge in [-0.1, -0.05) is 6.58 Å². The number of benzene rings is 1. The molecule has 2 amide bonds. The zero-order valence-corrected chi connectivity index (χ0v) is 10.7. The minimum atomic E-state index is -0.656. The van der Waals surface area contributed by atoms with Gasteiger partial charge in [0.15, 0.2) is 0 Å². The second kappa shape index (κ2) is 4.70. The Labute approximate surface area is 115 Å². The van der Waals surface area contributed by atoms with Crippen LogP contribution in [-0.2, 0) is 0 Å². The molecule has 1 atom stereocenters. The van der Waals surface area contributed by atoms with Crippen LogP contribution in [0, 0.1) is 11.6 Å². The first-order valence-electron chi connectivity index (χ1n) is 6.28. The Balaban J connectivity index is 1.82. The summed E-state index contributed by atoms with van der Waals surface area (Å²) in [5.74, 6) is -1.31. The number of carbonyl (C=O) groups is 1. The third kappa shape index (κ3) is 2.17. The molecule has 2 heterocycles. The molecule has 2 aliphatic heterocycles. The predicted molar refractivity (Wildman–Crippen MR) is 70.2 cm³/mol. The zero-order chi connectivity index (χ0) is 14.3. The topological polar surface area (TPSA) is 35.9 Å². The molecule has 0 N–H and O–H groups in total. The Morgan fingerprint density at radius 2 is 1.90 bits per heavy atom. The van der Waals surface area contributed by atoms with Gasteiger partial charge in [0.05, 0.1) is 6.04 Å². The van der Waals surface area contributed by atoms with E-state index in [2.05, 4.69) is 11.7 Å².